The van der Waals surface area contributed by atoms with E-state index >= 15 is 0 Å². The van der Waals surface area contributed by atoms with Gasteiger partial charge in [0.15, 0.2) is 0 Å². The van der Waals surface area contributed by atoms with Crippen molar-refractivity contribution in [2.75, 3.05) is 10.2 Å². The van der Waals surface area contributed by atoms with Crippen molar-refractivity contribution in [2.24, 2.45) is 0 Å². The van der Waals surface area contributed by atoms with Gasteiger partial charge in [0.25, 0.3) is 11.8 Å². The maximum absolute atomic E-state index is 13.5. The zero-order valence-electron chi connectivity index (χ0n) is 17.6. The highest BCUT2D eigenvalue weighted by molar-refractivity contribution is 6.46. The predicted molar refractivity (Wildman–Crippen MR) is 121 cm³/mol. The van der Waals surface area contributed by atoms with Gasteiger partial charge in [0.1, 0.15) is 5.70 Å². The Bertz CT molecular complexity index is 1190. The Morgan fingerprint density at radius 3 is 2.10 bits per heavy atom. The van der Waals surface area contributed by atoms with Crippen molar-refractivity contribution >= 4 is 28.8 Å². The van der Waals surface area contributed by atoms with Gasteiger partial charge in [-0.05, 0) is 74.2 Å². The van der Waals surface area contributed by atoms with Crippen molar-refractivity contribution in [1.29, 1.82) is 0 Å². The molecule has 4 heteroatoms. The number of nitrogens with zero attached hydrogens (tertiary/aromatic N) is 1. The highest BCUT2D eigenvalue weighted by Crippen LogP contribution is 2.34. The number of aryl methyl sites for hydroxylation is 4. The van der Waals surface area contributed by atoms with Crippen LogP contribution in [0.15, 0.2) is 72.4 Å². The van der Waals surface area contributed by atoms with Crippen LogP contribution in [0.5, 0.6) is 0 Å². The number of carbonyl (C=O) groups excluding carboxylic acids is 2. The summed E-state index contributed by atoms with van der Waals surface area (Å²) in [6.45, 7) is 7.97. The van der Waals surface area contributed by atoms with Gasteiger partial charge in [0.05, 0.1) is 11.3 Å². The maximum atomic E-state index is 13.5. The molecule has 0 spiro atoms. The molecule has 3 aromatic carbocycles. The summed E-state index contributed by atoms with van der Waals surface area (Å²) in [6, 6.07) is 21.1. The molecule has 1 heterocycles. The van der Waals surface area contributed by atoms with Crippen LogP contribution in [-0.2, 0) is 9.59 Å². The van der Waals surface area contributed by atoms with Crippen LogP contribution in [0.2, 0.25) is 0 Å². The summed E-state index contributed by atoms with van der Waals surface area (Å²) >= 11 is 0. The molecule has 2 amide bonds. The summed E-state index contributed by atoms with van der Waals surface area (Å²) in [5.74, 6) is -0.664. The second-order valence-electron chi connectivity index (χ2n) is 7.82. The Balaban J connectivity index is 1.83. The van der Waals surface area contributed by atoms with Crippen LogP contribution in [-0.4, -0.2) is 11.8 Å². The average Bonchev–Trinajstić information content (AvgIpc) is 2.95. The minimum absolute atomic E-state index is 0.299. The third-order valence-electron chi connectivity index (χ3n) is 5.46. The summed E-state index contributed by atoms with van der Waals surface area (Å²) in [6.07, 6.45) is 0. The summed E-state index contributed by atoms with van der Waals surface area (Å²) in [4.78, 5) is 28.2. The van der Waals surface area contributed by atoms with Gasteiger partial charge in [0, 0.05) is 5.69 Å². The van der Waals surface area contributed by atoms with Crippen LogP contribution in [0, 0.1) is 27.7 Å². The van der Waals surface area contributed by atoms with E-state index in [9.17, 15) is 9.59 Å². The molecule has 30 heavy (non-hydrogen) atoms. The molecule has 3 aromatic rings. The maximum Gasteiger partial charge on any atom is 0.282 e. The second kappa shape index (κ2) is 7.64. The Hall–Kier alpha value is -3.66. The second-order valence-corrected chi connectivity index (χ2v) is 7.82. The molecule has 0 aliphatic carbocycles. The zero-order valence-corrected chi connectivity index (χ0v) is 17.6. The molecule has 150 valence electrons. The van der Waals surface area contributed by atoms with E-state index in [2.05, 4.69) is 5.32 Å². The van der Waals surface area contributed by atoms with Crippen molar-refractivity contribution in [3.63, 3.8) is 0 Å². The number of amides is 2. The van der Waals surface area contributed by atoms with E-state index in [0.29, 0.717) is 17.0 Å². The van der Waals surface area contributed by atoms with Crippen LogP contribution in [0.25, 0.3) is 5.57 Å². The number of hydrogen-bond donors (Lipinski definition) is 1. The highest BCUT2D eigenvalue weighted by atomic mass is 16.2. The smallest absolute Gasteiger partial charge is 0.282 e. The lowest BCUT2D eigenvalue weighted by Crippen LogP contribution is -2.32. The van der Waals surface area contributed by atoms with E-state index in [1.54, 1.807) is 0 Å². The van der Waals surface area contributed by atoms with Gasteiger partial charge in [-0.15, -0.1) is 0 Å². The summed E-state index contributed by atoms with van der Waals surface area (Å²) < 4.78 is 0. The molecule has 4 nitrogen and oxygen atoms in total. The number of anilines is 2. The molecule has 4 rings (SSSR count). The van der Waals surface area contributed by atoms with Crippen molar-refractivity contribution in [1.82, 2.24) is 0 Å². The van der Waals surface area contributed by atoms with Gasteiger partial charge in [-0.1, -0.05) is 48.0 Å². The van der Waals surface area contributed by atoms with Crippen LogP contribution < -0.4 is 10.2 Å². The van der Waals surface area contributed by atoms with E-state index in [4.69, 9.17) is 0 Å². The minimum atomic E-state index is -0.347. The van der Waals surface area contributed by atoms with E-state index in [1.807, 2.05) is 94.4 Å². The lowest BCUT2D eigenvalue weighted by molar-refractivity contribution is -0.120. The quantitative estimate of drug-likeness (QED) is 0.608. The normalized spacial score (nSPS) is 13.9. The van der Waals surface area contributed by atoms with Crippen LogP contribution in [0.1, 0.15) is 27.8 Å². The molecule has 0 saturated heterocycles. The fourth-order valence-electron chi connectivity index (χ4n) is 3.60. The van der Waals surface area contributed by atoms with E-state index < -0.39 is 0 Å². The first kappa shape index (κ1) is 19.6. The molecular weight excluding hydrogens is 372 g/mol. The molecule has 0 unspecified atom stereocenters. The zero-order chi connectivity index (χ0) is 21.4. The Labute approximate surface area is 176 Å². The predicted octanol–water partition coefficient (Wildman–Crippen LogP) is 5.32. The molecule has 1 aliphatic heterocycles. The molecule has 1 aliphatic rings. The van der Waals surface area contributed by atoms with Crippen molar-refractivity contribution in [3.8, 4) is 0 Å². The molecular formula is C26H24N2O2. The minimum Gasteiger partial charge on any atom is -0.350 e. The van der Waals surface area contributed by atoms with E-state index in [-0.39, 0.29) is 11.8 Å². The van der Waals surface area contributed by atoms with Crippen LogP contribution in [0.4, 0.5) is 11.4 Å². The lowest BCUT2D eigenvalue weighted by Gasteiger charge is -2.17. The molecule has 0 atom stereocenters. The molecule has 0 saturated carbocycles. The van der Waals surface area contributed by atoms with Gasteiger partial charge < -0.3 is 5.32 Å². The number of benzene rings is 3. The molecule has 1 N–H and O–H groups in total. The highest BCUT2D eigenvalue weighted by Gasteiger charge is 2.40. The number of rotatable bonds is 4. The lowest BCUT2D eigenvalue weighted by atomic mass is 10.0. The third-order valence-corrected chi connectivity index (χ3v) is 5.46. The molecule has 0 radical (unpaired) electrons. The summed E-state index contributed by atoms with van der Waals surface area (Å²) in [5.41, 5.74) is 7.08. The summed E-state index contributed by atoms with van der Waals surface area (Å²) in [7, 11) is 0. The van der Waals surface area contributed by atoms with Crippen molar-refractivity contribution in [3.05, 3.63) is 100 Å². The van der Waals surface area contributed by atoms with Crippen LogP contribution >= 0.6 is 0 Å². The first-order valence-electron chi connectivity index (χ1n) is 9.96. The first-order valence-corrected chi connectivity index (χ1v) is 9.96. The molecule has 0 bridgehead atoms. The van der Waals surface area contributed by atoms with Crippen molar-refractivity contribution in [2.45, 2.75) is 27.7 Å². The van der Waals surface area contributed by atoms with Crippen LogP contribution in [0.3, 0.4) is 0 Å². The fourth-order valence-corrected chi connectivity index (χ4v) is 3.60. The van der Waals surface area contributed by atoms with Gasteiger partial charge >= 0.3 is 0 Å². The Morgan fingerprint density at radius 1 is 0.700 bits per heavy atom. The van der Waals surface area contributed by atoms with Gasteiger partial charge in [-0.25, -0.2) is 4.90 Å². The average molecular weight is 396 g/mol. The van der Waals surface area contributed by atoms with Crippen molar-refractivity contribution < 1.29 is 9.59 Å². The fraction of sp³-hybridized carbons (Fsp3) is 0.154. The van der Waals surface area contributed by atoms with Gasteiger partial charge in [-0.2, -0.15) is 0 Å². The Morgan fingerprint density at radius 2 is 1.43 bits per heavy atom. The van der Waals surface area contributed by atoms with E-state index in [0.717, 1.165) is 33.5 Å². The largest absolute Gasteiger partial charge is 0.350 e. The molecule has 0 aromatic heterocycles. The number of hydrogen-bond acceptors (Lipinski definition) is 3. The monoisotopic (exact) mass is 396 g/mol. The number of carbonyl (C=O) groups is 2. The molecule has 0 fully saturated rings. The number of nitrogens with one attached hydrogen (secondary N) is 1. The topological polar surface area (TPSA) is 49.4 Å². The van der Waals surface area contributed by atoms with Gasteiger partial charge in [0.2, 0.25) is 0 Å². The standard InChI is InChI=1S/C26H24N2O2/c1-16-8-11-20(12-9-16)23-24(27-21-7-5-6-17(2)14-21)26(30)28(25(23)29)22-13-10-18(3)19(4)15-22/h5-15,27H,1-4H3. The third kappa shape index (κ3) is 3.52. The Kier molecular flexibility index (Phi) is 5.00. The first-order chi connectivity index (χ1) is 14.3. The SMILES string of the molecule is Cc1ccc(C2=C(Nc3cccc(C)c3)C(=O)N(c3ccc(C)c(C)c3)C2=O)cc1. The number of imide groups is 1. The van der Waals surface area contributed by atoms with Gasteiger partial charge in [-0.3, -0.25) is 9.59 Å². The van der Waals surface area contributed by atoms with E-state index in [1.165, 1.54) is 4.90 Å². The summed E-state index contributed by atoms with van der Waals surface area (Å²) in [5, 5.41) is 3.22.